The van der Waals surface area contributed by atoms with Crippen molar-refractivity contribution in [3.05, 3.63) is 125 Å². The number of halogens is 2. The van der Waals surface area contributed by atoms with Crippen molar-refractivity contribution in [3.8, 4) is 11.5 Å². The molecule has 6 nitrogen and oxygen atoms in total. The number of para-hydroxylation sites is 1. The van der Waals surface area contributed by atoms with Crippen LogP contribution in [-0.4, -0.2) is 21.8 Å². The number of Topliss-reactive ketones (excluding diaryl/α,β-unsaturated/α-hetero) is 1. The lowest BCUT2D eigenvalue weighted by molar-refractivity contribution is -0.132. The molecule has 39 heavy (non-hydrogen) atoms. The molecule has 5 aromatic rings. The van der Waals surface area contributed by atoms with Crippen LogP contribution in [0.4, 0.5) is 9.52 Å². The average Bonchev–Trinajstić information content (AvgIpc) is 3.47. The molecule has 1 unspecified atom stereocenters. The Bertz CT molecular complexity index is 1770. The van der Waals surface area contributed by atoms with Gasteiger partial charge in [0, 0.05) is 10.6 Å². The number of amides is 1. The lowest BCUT2D eigenvalue weighted by atomic mass is 9.95. The molecule has 1 saturated heterocycles. The van der Waals surface area contributed by atoms with Gasteiger partial charge in [0.15, 0.2) is 5.13 Å². The minimum Gasteiger partial charge on any atom is -0.507 e. The van der Waals surface area contributed by atoms with Crippen molar-refractivity contribution in [1.82, 2.24) is 4.98 Å². The second-order valence-electron chi connectivity index (χ2n) is 8.77. The molecular formula is C30H18ClFN2O4S. The SMILES string of the molecule is O=C1C(=O)N(c2nc3ccc(F)cc3s2)C(c2cccc(Oc3ccccc3)c2)/C1=C(\O)c1ccc(Cl)cc1. The molecule has 4 aromatic carbocycles. The summed E-state index contributed by atoms with van der Waals surface area (Å²) >= 11 is 7.09. The van der Waals surface area contributed by atoms with Crippen molar-refractivity contribution >= 4 is 55.7 Å². The van der Waals surface area contributed by atoms with Gasteiger partial charge >= 0.3 is 5.91 Å². The molecule has 9 heteroatoms. The number of thiazole rings is 1. The van der Waals surface area contributed by atoms with E-state index in [4.69, 9.17) is 16.3 Å². The molecule has 1 aromatic heterocycles. The number of anilines is 1. The van der Waals surface area contributed by atoms with Crippen LogP contribution in [0, 0.1) is 5.82 Å². The van der Waals surface area contributed by atoms with Crippen LogP contribution in [0.5, 0.6) is 11.5 Å². The number of fused-ring (bicyclic) bond motifs is 1. The van der Waals surface area contributed by atoms with Gasteiger partial charge in [-0.3, -0.25) is 14.5 Å². The second kappa shape index (κ2) is 9.98. The highest BCUT2D eigenvalue weighted by Gasteiger charge is 2.48. The number of ether oxygens (including phenoxy) is 1. The summed E-state index contributed by atoms with van der Waals surface area (Å²) in [4.78, 5) is 32.7. The number of carbonyl (C=O) groups is 2. The van der Waals surface area contributed by atoms with Gasteiger partial charge in [0.1, 0.15) is 23.1 Å². The molecule has 1 N–H and O–H groups in total. The van der Waals surface area contributed by atoms with Gasteiger partial charge in [-0.15, -0.1) is 0 Å². The predicted octanol–water partition coefficient (Wildman–Crippen LogP) is 7.51. The first-order valence-corrected chi connectivity index (χ1v) is 13.0. The fraction of sp³-hybridized carbons (Fsp3) is 0.0333. The summed E-state index contributed by atoms with van der Waals surface area (Å²) in [5, 5.41) is 12.0. The fourth-order valence-corrected chi connectivity index (χ4v) is 5.61. The first kappa shape index (κ1) is 24.8. The number of aliphatic hydroxyl groups is 1. The number of carbonyl (C=O) groups excluding carboxylic acids is 2. The van der Waals surface area contributed by atoms with E-state index in [9.17, 15) is 19.1 Å². The summed E-state index contributed by atoms with van der Waals surface area (Å²) in [6, 6.07) is 25.5. The molecule has 0 bridgehead atoms. The second-order valence-corrected chi connectivity index (χ2v) is 10.2. The van der Waals surface area contributed by atoms with Crippen LogP contribution < -0.4 is 9.64 Å². The van der Waals surface area contributed by atoms with Gasteiger partial charge in [-0.1, -0.05) is 53.3 Å². The zero-order valence-corrected chi connectivity index (χ0v) is 21.6. The predicted molar refractivity (Wildman–Crippen MR) is 149 cm³/mol. The molecule has 1 aliphatic heterocycles. The minimum absolute atomic E-state index is 0.107. The molecular weight excluding hydrogens is 539 g/mol. The lowest BCUT2D eigenvalue weighted by Crippen LogP contribution is -2.29. The Morgan fingerprint density at radius 1 is 0.923 bits per heavy atom. The standard InChI is InChI=1S/C30H18ClFN2O4S/c31-19-11-9-17(10-12-19)27(35)25-26(18-5-4-8-22(15-18)38-21-6-2-1-3-7-21)34(29(37)28(25)36)30-33-23-14-13-20(32)16-24(23)39-30/h1-16,26,35H/b27-25+. The lowest BCUT2D eigenvalue weighted by Gasteiger charge is -2.23. The number of aliphatic hydroxyl groups excluding tert-OH is 1. The molecule has 2 heterocycles. The highest BCUT2D eigenvalue weighted by molar-refractivity contribution is 7.22. The van der Waals surface area contributed by atoms with Gasteiger partial charge < -0.3 is 9.84 Å². The molecule has 0 saturated carbocycles. The monoisotopic (exact) mass is 556 g/mol. The zero-order valence-electron chi connectivity index (χ0n) is 20.0. The van der Waals surface area contributed by atoms with E-state index in [-0.39, 0.29) is 16.5 Å². The molecule has 6 rings (SSSR count). The molecule has 192 valence electrons. The summed E-state index contributed by atoms with van der Waals surface area (Å²) in [7, 11) is 0. The van der Waals surface area contributed by atoms with Gasteiger partial charge in [0.2, 0.25) is 0 Å². The Labute approximate surface area is 231 Å². The first-order valence-electron chi connectivity index (χ1n) is 11.8. The Morgan fingerprint density at radius 3 is 2.44 bits per heavy atom. The van der Waals surface area contributed by atoms with E-state index in [2.05, 4.69) is 4.98 Å². The third-order valence-electron chi connectivity index (χ3n) is 6.26. The number of aromatic nitrogens is 1. The zero-order chi connectivity index (χ0) is 27.1. The highest BCUT2D eigenvalue weighted by Crippen LogP contribution is 2.45. The van der Waals surface area contributed by atoms with Crippen molar-refractivity contribution in [2.75, 3.05) is 4.90 Å². The number of hydrogen-bond donors (Lipinski definition) is 1. The maximum absolute atomic E-state index is 13.9. The van der Waals surface area contributed by atoms with Crippen molar-refractivity contribution in [1.29, 1.82) is 0 Å². The van der Waals surface area contributed by atoms with Crippen LogP contribution in [0.1, 0.15) is 17.2 Å². The molecule has 1 atom stereocenters. The maximum Gasteiger partial charge on any atom is 0.301 e. The Balaban J connectivity index is 1.52. The minimum atomic E-state index is -1.02. The smallest absolute Gasteiger partial charge is 0.301 e. The fourth-order valence-electron chi connectivity index (χ4n) is 4.47. The van der Waals surface area contributed by atoms with Crippen LogP contribution >= 0.6 is 22.9 Å². The van der Waals surface area contributed by atoms with Crippen molar-refractivity contribution in [2.24, 2.45) is 0 Å². The molecule has 1 amide bonds. The molecule has 0 spiro atoms. The topological polar surface area (TPSA) is 79.7 Å². The van der Waals surface area contributed by atoms with Crippen LogP contribution in [0.2, 0.25) is 5.02 Å². The average molecular weight is 557 g/mol. The summed E-state index contributed by atoms with van der Waals surface area (Å²) in [5.74, 6) is -1.43. The molecule has 1 fully saturated rings. The quantitative estimate of drug-likeness (QED) is 0.138. The van der Waals surface area contributed by atoms with Crippen LogP contribution in [-0.2, 0) is 9.59 Å². The van der Waals surface area contributed by atoms with Crippen LogP contribution in [0.15, 0.2) is 103 Å². The van der Waals surface area contributed by atoms with Gasteiger partial charge in [-0.25, -0.2) is 9.37 Å². The Hall–Kier alpha value is -4.53. The number of ketones is 1. The number of rotatable bonds is 5. The van der Waals surface area contributed by atoms with Crippen molar-refractivity contribution in [2.45, 2.75) is 6.04 Å². The summed E-state index contributed by atoms with van der Waals surface area (Å²) in [6.07, 6.45) is 0. The van der Waals surface area contributed by atoms with Crippen molar-refractivity contribution < 1.29 is 23.8 Å². The Morgan fingerprint density at radius 2 is 1.67 bits per heavy atom. The van der Waals surface area contributed by atoms with E-state index in [0.29, 0.717) is 37.9 Å². The van der Waals surface area contributed by atoms with E-state index in [1.165, 1.54) is 23.1 Å². The van der Waals surface area contributed by atoms with Crippen molar-refractivity contribution in [3.63, 3.8) is 0 Å². The van der Waals surface area contributed by atoms with E-state index in [1.807, 2.05) is 18.2 Å². The van der Waals surface area contributed by atoms with Gasteiger partial charge in [0.25, 0.3) is 5.78 Å². The van der Waals surface area contributed by atoms with E-state index >= 15 is 0 Å². The first-order chi connectivity index (χ1) is 18.9. The van der Waals surface area contributed by atoms with E-state index in [0.717, 1.165) is 11.3 Å². The number of nitrogens with zero attached hydrogens (tertiary/aromatic N) is 2. The summed E-state index contributed by atoms with van der Waals surface area (Å²) < 4.78 is 20.4. The maximum atomic E-state index is 13.9. The van der Waals surface area contributed by atoms with Gasteiger partial charge in [0.05, 0.1) is 21.8 Å². The molecule has 0 radical (unpaired) electrons. The number of hydrogen-bond acceptors (Lipinski definition) is 6. The van der Waals surface area contributed by atoms with Crippen LogP contribution in [0.3, 0.4) is 0 Å². The Kier molecular flexibility index (Phi) is 6.34. The largest absolute Gasteiger partial charge is 0.507 e. The molecule has 0 aliphatic carbocycles. The summed E-state index contributed by atoms with van der Waals surface area (Å²) in [6.45, 7) is 0. The van der Waals surface area contributed by atoms with Gasteiger partial charge in [-0.05, 0) is 72.3 Å². The normalized spacial score (nSPS) is 16.7. The third-order valence-corrected chi connectivity index (χ3v) is 7.53. The highest BCUT2D eigenvalue weighted by atomic mass is 35.5. The number of benzene rings is 4. The summed E-state index contributed by atoms with van der Waals surface area (Å²) in [5.41, 5.74) is 1.22. The van der Waals surface area contributed by atoms with Gasteiger partial charge in [-0.2, -0.15) is 0 Å². The van der Waals surface area contributed by atoms with E-state index < -0.39 is 23.5 Å². The van der Waals surface area contributed by atoms with E-state index in [1.54, 1.807) is 60.7 Å². The molecule has 1 aliphatic rings. The third kappa shape index (κ3) is 4.65. The van der Waals surface area contributed by atoms with Crippen LogP contribution in [0.25, 0.3) is 16.0 Å².